The van der Waals surface area contributed by atoms with E-state index in [1.807, 2.05) is 0 Å². The number of halogens is 8. The molecule has 0 radical (unpaired) electrons. The maximum absolute atomic E-state index is 15.6. The van der Waals surface area contributed by atoms with Gasteiger partial charge in [-0.05, 0) is 96.8 Å². The van der Waals surface area contributed by atoms with Crippen molar-refractivity contribution in [3.05, 3.63) is 127 Å². The molecule has 22 heteroatoms. The Hall–Kier alpha value is -6.48. The maximum Gasteiger partial charge on any atom is 0.293 e. The molecule has 4 aromatic carbocycles. The molecule has 0 saturated heterocycles. The van der Waals surface area contributed by atoms with Crippen molar-refractivity contribution >= 4 is 55.2 Å². The van der Waals surface area contributed by atoms with Crippen LogP contribution in [0.3, 0.4) is 0 Å². The van der Waals surface area contributed by atoms with Gasteiger partial charge in [-0.2, -0.15) is 19.0 Å². The molecule has 4 heterocycles. The molecule has 1 saturated carbocycles. The van der Waals surface area contributed by atoms with E-state index in [2.05, 4.69) is 20.2 Å². The normalized spacial score (nSPS) is 17.6. The van der Waals surface area contributed by atoms with Crippen molar-refractivity contribution in [3.8, 4) is 22.6 Å². The minimum Gasteiger partial charge on any atom is -0.490 e. The minimum atomic E-state index is -3.94. The van der Waals surface area contributed by atoms with Crippen LogP contribution in [0.4, 0.5) is 36.6 Å². The first kappa shape index (κ1) is 44.4. The van der Waals surface area contributed by atoms with E-state index in [1.165, 1.54) is 42.1 Å². The first-order valence-corrected chi connectivity index (χ1v) is 23.1. The number of rotatable bonds is 11. The summed E-state index contributed by atoms with van der Waals surface area (Å²) < 4.78 is 141. The average Bonchev–Trinajstić information content (AvgIpc) is 3.80. The van der Waals surface area contributed by atoms with Crippen LogP contribution in [0, 0.1) is 30.3 Å². The lowest BCUT2D eigenvalue weighted by Crippen LogP contribution is -2.38. The van der Waals surface area contributed by atoms with Crippen LogP contribution in [0.25, 0.3) is 38.6 Å². The molecule has 3 atom stereocenters. The van der Waals surface area contributed by atoms with Gasteiger partial charge in [-0.15, -0.1) is 0 Å². The number of hydrogen-bond donors (Lipinski definition) is 2. The zero-order valence-electron chi connectivity index (χ0n) is 35.4. The lowest BCUT2D eigenvalue weighted by Gasteiger charge is -2.24. The molecule has 13 nitrogen and oxygen atoms in total. The van der Waals surface area contributed by atoms with Crippen LogP contribution in [0.15, 0.2) is 59.4 Å². The number of aromatic nitrogens is 6. The highest BCUT2D eigenvalue weighted by molar-refractivity contribution is 7.92. The van der Waals surface area contributed by atoms with Gasteiger partial charge in [0, 0.05) is 36.6 Å². The number of nitrogens with zero attached hydrogens (tertiary/aromatic N) is 6. The molecule has 67 heavy (non-hydrogen) atoms. The van der Waals surface area contributed by atoms with Crippen molar-refractivity contribution in [2.24, 2.45) is 13.0 Å². The second kappa shape index (κ2) is 15.8. The Morgan fingerprint density at radius 2 is 1.79 bits per heavy atom. The number of sulfonamides is 1. The number of hydrogen-bond acceptors (Lipinski definition) is 8. The van der Waals surface area contributed by atoms with E-state index in [1.54, 1.807) is 13.0 Å². The number of alkyl halides is 4. The number of anilines is 1. The Morgan fingerprint density at radius 3 is 2.51 bits per heavy atom. The summed E-state index contributed by atoms with van der Waals surface area (Å²) in [7, 11) is -2.50. The lowest BCUT2D eigenvalue weighted by atomic mass is 9.92. The molecule has 2 aliphatic carbocycles. The monoisotopic (exact) mass is 968 g/mol. The molecule has 1 amide bonds. The Kier molecular flexibility index (Phi) is 10.5. The maximum atomic E-state index is 15.6. The highest BCUT2D eigenvalue weighted by Crippen LogP contribution is 2.68. The van der Waals surface area contributed by atoms with E-state index in [4.69, 9.17) is 21.3 Å². The number of ether oxygens (including phenoxy) is 1. The Bertz CT molecular complexity index is 3430. The highest BCUT2D eigenvalue weighted by atomic mass is 35.5. The van der Waals surface area contributed by atoms with Gasteiger partial charge in [0.1, 0.15) is 35.4 Å². The summed E-state index contributed by atoms with van der Waals surface area (Å²) in [6, 6.07) is 9.59. The summed E-state index contributed by atoms with van der Waals surface area (Å²) >= 11 is 6.66. The molecule has 348 valence electrons. The molecule has 3 aromatic heterocycles. The predicted octanol–water partition coefficient (Wildman–Crippen LogP) is 8.46. The Labute approximate surface area is 380 Å². The van der Waals surface area contributed by atoms with Crippen LogP contribution in [-0.2, 0) is 47.2 Å². The summed E-state index contributed by atoms with van der Waals surface area (Å²) in [5.41, 5.74) is -0.493. The molecule has 3 aliphatic rings. The average molecular weight is 969 g/mol. The van der Waals surface area contributed by atoms with Gasteiger partial charge in [0.25, 0.3) is 17.9 Å². The van der Waals surface area contributed by atoms with Gasteiger partial charge in [0.05, 0.1) is 51.4 Å². The molecule has 0 unspecified atom stereocenters. The van der Waals surface area contributed by atoms with E-state index in [0.29, 0.717) is 52.5 Å². The molecule has 10 rings (SSSR count). The van der Waals surface area contributed by atoms with Gasteiger partial charge in [0.15, 0.2) is 17.4 Å². The van der Waals surface area contributed by atoms with E-state index >= 15 is 18.0 Å². The van der Waals surface area contributed by atoms with E-state index in [0.717, 1.165) is 23.0 Å². The van der Waals surface area contributed by atoms with Crippen LogP contribution in [0.1, 0.15) is 70.7 Å². The molecule has 1 aliphatic heterocycles. The quantitative estimate of drug-likeness (QED) is 0.123. The van der Waals surface area contributed by atoms with Crippen molar-refractivity contribution in [1.82, 2.24) is 34.4 Å². The van der Waals surface area contributed by atoms with Crippen molar-refractivity contribution in [1.29, 1.82) is 0 Å². The SMILES string of the molecule is Cc1c(-c2ccc3c(=O)n(-c4ccc(Cl)c5c(NS(C)(=O)=O)nn(C)c45)c([C@H](Cc4cc(F)cc(F)c4)NC(=O)Cn4nc(C(F)F)c5c4C(F)(F)[C@@H]4C[C@H]54)nc3c2)cc(F)c2c1CCCO2. The third-order valence-corrected chi connectivity index (χ3v) is 13.4. The molecule has 0 spiro atoms. The second-order valence-electron chi connectivity index (χ2n) is 17.0. The fourth-order valence-electron chi connectivity index (χ4n) is 9.71. The van der Waals surface area contributed by atoms with Gasteiger partial charge < -0.3 is 10.1 Å². The minimum absolute atomic E-state index is 0.00665. The number of benzene rings is 4. The third kappa shape index (κ3) is 7.55. The van der Waals surface area contributed by atoms with Gasteiger partial charge in [-0.1, -0.05) is 17.7 Å². The first-order chi connectivity index (χ1) is 31.7. The Morgan fingerprint density at radius 1 is 1.04 bits per heavy atom. The Balaban J connectivity index is 1.19. The summed E-state index contributed by atoms with van der Waals surface area (Å²) in [5.74, 6) is -9.70. The van der Waals surface area contributed by atoms with Crippen molar-refractivity contribution < 1.29 is 48.7 Å². The number of nitrogens with one attached hydrogen (secondary N) is 2. The number of aryl methyl sites for hydroxylation is 1. The fraction of sp³-hybridized carbons (Fsp3) is 0.311. The van der Waals surface area contributed by atoms with Crippen LogP contribution >= 0.6 is 11.6 Å². The van der Waals surface area contributed by atoms with E-state index < -0.39 is 93.5 Å². The molecule has 0 bridgehead atoms. The third-order valence-electron chi connectivity index (χ3n) is 12.6. The standard InChI is InChI=1S/C45H36ClF7N8O5S/c1-19-24-5-4-10-66-39(24)30(49)17-26(19)21-6-7-25-31(14-21)55-43(61(44(25)63)33-9-8-29(46)36-38(33)59(2)57-42(36)58-67(3,64)65)32(13-20-11-22(47)15-23(48)12-20)54-34(62)18-60-40-35(37(56-60)41(50)51)27-16-28(27)45(40,52)53/h6-9,11-12,14-15,17,27-28,32,41H,4-5,10,13,16,18H2,1-3H3,(H,54,62)(H,57,58)/t27-,28+,32-/m0/s1. The molecular formula is C45H36ClF7N8O5S. The van der Waals surface area contributed by atoms with E-state index in [-0.39, 0.29) is 67.5 Å². The first-order valence-electron chi connectivity index (χ1n) is 20.9. The summed E-state index contributed by atoms with van der Waals surface area (Å²) in [5, 5.41) is 10.8. The molecule has 7 aromatic rings. The summed E-state index contributed by atoms with van der Waals surface area (Å²) in [4.78, 5) is 34.4. The van der Waals surface area contributed by atoms with Crippen LogP contribution in [0.2, 0.25) is 5.02 Å². The number of fused-ring (bicyclic) bond motifs is 6. The van der Waals surface area contributed by atoms with Crippen LogP contribution < -0.4 is 20.3 Å². The number of amides is 1. The highest BCUT2D eigenvalue weighted by Gasteiger charge is 2.67. The van der Waals surface area contributed by atoms with Crippen LogP contribution in [0.5, 0.6) is 5.75 Å². The predicted molar refractivity (Wildman–Crippen MR) is 232 cm³/mol. The topological polar surface area (TPSA) is 155 Å². The van der Waals surface area contributed by atoms with Crippen molar-refractivity contribution in [3.63, 3.8) is 0 Å². The molecule has 1 fully saturated rings. The molecule has 2 N–H and O–H groups in total. The van der Waals surface area contributed by atoms with Crippen LogP contribution in [-0.4, -0.2) is 56.3 Å². The van der Waals surface area contributed by atoms with Gasteiger partial charge in [-0.3, -0.25) is 28.2 Å². The van der Waals surface area contributed by atoms with Gasteiger partial charge >= 0.3 is 0 Å². The van der Waals surface area contributed by atoms with Gasteiger partial charge in [-0.25, -0.2) is 35.4 Å². The number of carbonyl (C=O) groups is 1. The zero-order chi connectivity index (χ0) is 47.6. The lowest BCUT2D eigenvalue weighted by molar-refractivity contribution is -0.123. The number of carbonyl (C=O) groups excluding carboxylic acids is 1. The smallest absolute Gasteiger partial charge is 0.293 e. The molecular weight excluding hydrogens is 933 g/mol. The van der Waals surface area contributed by atoms with Crippen molar-refractivity contribution in [2.45, 2.75) is 63.5 Å². The zero-order valence-corrected chi connectivity index (χ0v) is 37.0. The fourth-order valence-corrected chi connectivity index (χ4v) is 10.4. The summed E-state index contributed by atoms with van der Waals surface area (Å²) in [6.07, 6.45) is -1.66. The largest absolute Gasteiger partial charge is 0.490 e. The second-order valence-corrected chi connectivity index (χ2v) is 19.2. The van der Waals surface area contributed by atoms with E-state index in [9.17, 15) is 30.8 Å². The summed E-state index contributed by atoms with van der Waals surface area (Å²) in [6.45, 7) is 1.14. The van der Waals surface area contributed by atoms with Gasteiger partial charge in [0.2, 0.25) is 15.9 Å². The van der Waals surface area contributed by atoms with Crippen molar-refractivity contribution in [2.75, 3.05) is 17.6 Å².